The van der Waals surface area contributed by atoms with Crippen LogP contribution in [-0.2, 0) is 4.79 Å². The van der Waals surface area contributed by atoms with E-state index in [1.807, 2.05) is 16.7 Å². The fourth-order valence-corrected chi connectivity index (χ4v) is 2.46. The number of amides is 1. The lowest BCUT2D eigenvalue weighted by Crippen LogP contribution is -2.49. The highest BCUT2D eigenvalue weighted by atomic mass is 19.1. The molecule has 0 spiro atoms. The van der Waals surface area contributed by atoms with Crippen molar-refractivity contribution in [2.24, 2.45) is 0 Å². The lowest BCUT2D eigenvalue weighted by Gasteiger charge is -2.31. The molecule has 2 rings (SSSR count). The fourth-order valence-electron chi connectivity index (χ4n) is 2.46. The molecule has 0 saturated carbocycles. The zero-order chi connectivity index (χ0) is 15.4. The van der Waals surface area contributed by atoms with Crippen LogP contribution in [0.3, 0.4) is 0 Å². The highest BCUT2D eigenvalue weighted by Gasteiger charge is 2.22. The molecule has 1 aromatic carbocycles. The molecule has 6 heteroatoms. The first-order valence-electron chi connectivity index (χ1n) is 7.16. The first kappa shape index (κ1) is 15.7. The number of benzene rings is 1. The van der Waals surface area contributed by atoms with Crippen LogP contribution in [0.15, 0.2) is 18.2 Å². The van der Waals surface area contributed by atoms with E-state index in [1.165, 1.54) is 6.07 Å². The second kappa shape index (κ2) is 6.87. The number of likely N-dealkylation sites (N-methyl/N-ethyl adjacent to an activating group) is 1. The van der Waals surface area contributed by atoms with Gasteiger partial charge in [-0.3, -0.25) is 9.69 Å². The number of phenols is 1. The molecule has 5 nitrogen and oxygen atoms in total. The van der Waals surface area contributed by atoms with Crippen LogP contribution in [0.1, 0.15) is 18.5 Å². The van der Waals surface area contributed by atoms with Crippen molar-refractivity contribution in [2.45, 2.75) is 13.0 Å². The Balaban J connectivity index is 1.98. The molecule has 1 fully saturated rings. The Kier molecular flexibility index (Phi) is 5.14. The molecule has 0 aliphatic carbocycles. The summed E-state index contributed by atoms with van der Waals surface area (Å²) in [5.74, 6) is -0.489. The SMILES string of the molecule is CC(c1ccc(O)cc1F)N(C)CC(=O)N1CCNCC1. The maximum atomic E-state index is 13.9. The van der Waals surface area contributed by atoms with Gasteiger partial charge in [-0.2, -0.15) is 0 Å². The molecule has 21 heavy (non-hydrogen) atoms. The van der Waals surface area contributed by atoms with Gasteiger partial charge >= 0.3 is 0 Å². The molecule has 2 N–H and O–H groups in total. The number of piperazine rings is 1. The summed E-state index contributed by atoms with van der Waals surface area (Å²) in [7, 11) is 1.80. The first-order chi connectivity index (χ1) is 9.99. The van der Waals surface area contributed by atoms with Gasteiger partial charge in [0.05, 0.1) is 6.54 Å². The number of hydrogen-bond donors (Lipinski definition) is 2. The van der Waals surface area contributed by atoms with Crippen molar-refractivity contribution >= 4 is 5.91 Å². The molecule has 1 amide bonds. The summed E-state index contributed by atoms with van der Waals surface area (Å²) in [6.45, 7) is 5.17. The summed E-state index contributed by atoms with van der Waals surface area (Å²) < 4.78 is 13.9. The Bertz CT molecular complexity index is 504. The van der Waals surface area contributed by atoms with Gasteiger partial charge in [0.25, 0.3) is 0 Å². The number of phenolic OH excluding ortho intramolecular Hbond substituents is 1. The monoisotopic (exact) mass is 295 g/mol. The summed E-state index contributed by atoms with van der Waals surface area (Å²) in [5, 5.41) is 12.5. The molecule has 1 saturated heterocycles. The van der Waals surface area contributed by atoms with Crippen molar-refractivity contribution in [1.29, 1.82) is 0 Å². The number of halogens is 1. The summed E-state index contributed by atoms with van der Waals surface area (Å²) in [5.41, 5.74) is 0.475. The summed E-state index contributed by atoms with van der Waals surface area (Å²) in [4.78, 5) is 15.9. The number of carbonyl (C=O) groups excluding carboxylic acids is 1. The van der Waals surface area contributed by atoms with Crippen molar-refractivity contribution in [3.8, 4) is 5.75 Å². The second-order valence-corrected chi connectivity index (χ2v) is 5.43. The van der Waals surface area contributed by atoms with Crippen LogP contribution in [0.5, 0.6) is 5.75 Å². The van der Waals surface area contributed by atoms with E-state index in [0.717, 1.165) is 19.2 Å². The van der Waals surface area contributed by atoms with E-state index in [9.17, 15) is 14.3 Å². The van der Waals surface area contributed by atoms with Gasteiger partial charge in [-0.05, 0) is 20.0 Å². The van der Waals surface area contributed by atoms with Crippen molar-refractivity contribution in [3.63, 3.8) is 0 Å². The number of carbonyl (C=O) groups is 1. The first-order valence-corrected chi connectivity index (χ1v) is 7.16. The van der Waals surface area contributed by atoms with E-state index in [2.05, 4.69) is 5.32 Å². The van der Waals surface area contributed by atoms with E-state index < -0.39 is 5.82 Å². The largest absolute Gasteiger partial charge is 0.508 e. The van der Waals surface area contributed by atoms with Gasteiger partial charge in [0, 0.05) is 43.9 Å². The van der Waals surface area contributed by atoms with E-state index in [1.54, 1.807) is 13.1 Å². The van der Waals surface area contributed by atoms with E-state index in [-0.39, 0.29) is 24.2 Å². The number of nitrogens with zero attached hydrogens (tertiary/aromatic N) is 2. The maximum absolute atomic E-state index is 13.9. The molecule has 0 radical (unpaired) electrons. The van der Waals surface area contributed by atoms with Gasteiger partial charge < -0.3 is 15.3 Å². The highest BCUT2D eigenvalue weighted by molar-refractivity contribution is 5.78. The van der Waals surface area contributed by atoms with Crippen LogP contribution >= 0.6 is 0 Å². The van der Waals surface area contributed by atoms with Crippen LogP contribution in [-0.4, -0.2) is 60.6 Å². The third-order valence-electron chi connectivity index (χ3n) is 3.95. The van der Waals surface area contributed by atoms with Crippen molar-refractivity contribution in [2.75, 3.05) is 39.8 Å². The molecule has 1 aliphatic heterocycles. The van der Waals surface area contributed by atoms with Crippen molar-refractivity contribution in [1.82, 2.24) is 15.1 Å². The van der Waals surface area contributed by atoms with Crippen molar-refractivity contribution in [3.05, 3.63) is 29.6 Å². The number of nitrogens with one attached hydrogen (secondary N) is 1. The molecule has 1 unspecified atom stereocenters. The zero-order valence-corrected chi connectivity index (χ0v) is 12.5. The highest BCUT2D eigenvalue weighted by Crippen LogP contribution is 2.24. The van der Waals surface area contributed by atoms with Gasteiger partial charge in [0.15, 0.2) is 0 Å². The normalized spacial score (nSPS) is 17.0. The Morgan fingerprint density at radius 2 is 2.14 bits per heavy atom. The predicted octanol–water partition coefficient (Wildman–Crippen LogP) is 0.956. The van der Waals surface area contributed by atoms with Crippen LogP contribution in [0.25, 0.3) is 0 Å². The molecule has 0 bridgehead atoms. The third-order valence-corrected chi connectivity index (χ3v) is 3.95. The Labute approximate surface area is 124 Å². The van der Waals surface area contributed by atoms with Gasteiger partial charge in [0.2, 0.25) is 5.91 Å². The summed E-state index contributed by atoms with van der Waals surface area (Å²) in [6, 6.07) is 3.87. The van der Waals surface area contributed by atoms with E-state index in [4.69, 9.17) is 0 Å². The zero-order valence-electron chi connectivity index (χ0n) is 12.5. The molecule has 1 heterocycles. The Morgan fingerprint density at radius 1 is 1.48 bits per heavy atom. The second-order valence-electron chi connectivity index (χ2n) is 5.43. The third kappa shape index (κ3) is 3.92. The number of rotatable bonds is 4. The minimum absolute atomic E-state index is 0.0602. The van der Waals surface area contributed by atoms with Crippen molar-refractivity contribution < 1.29 is 14.3 Å². The van der Waals surface area contributed by atoms with E-state index >= 15 is 0 Å². The van der Waals surface area contributed by atoms with Crippen LogP contribution < -0.4 is 5.32 Å². The van der Waals surface area contributed by atoms with Gasteiger partial charge in [-0.25, -0.2) is 4.39 Å². The summed E-state index contributed by atoms with van der Waals surface area (Å²) in [6.07, 6.45) is 0. The average Bonchev–Trinajstić information content (AvgIpc) is 2.47. The van der Waals surface area contributed by atoms with Crippen LogP contribution in [0.4, 0.5) is 4.39 Å². The van der Waals surface area contributed by atoms with E-state index in [0.29, 0.717) is 18.7 Å². The maximum Gasteiger partial charge on any atom is 0.236 e. The Morgan fingerprint density at radius 3 is 2.76 bits per heavy atom. The van der Waals surface area contributed by atoms with Gasteiger partial charge in [0.1, 0.15) is 11.6 Å². The lowest BCUT2D eigenvalue weighted by molar-refractivity contribution is -0.133. The molecular weight excluding hydrogens is 273 g/mol. The standard InChI is InChI=1S/C15H22FN3O2/c1-11(13-4-3-12(20)9-14(13)16)18(2)10-15(21)19-7-5-17-6-8-19/h3-4,9,11,17,20H,5-8,10H2,1-2H3. The van der Waals surface area contributed by atoms with Crippen LogP contribution in [0.2, 0.25) is 0 Å². The fraction of sp³-hybridized carbons (Fsp3) is 0.533. The average molecular weight is 295 g/mol. The molecule has 1 atom stereocenters. The smallest absolute Gasteiger partial charge is 0.236 e. The molecule has 0 aromatic heterocycles. The molecule has 1 aromatic rings. The molecular formula is C15H22FN3O2. The molecule has 1 aliphatic rings. The summed E-state index contributed by atoms with van der Waals surface area (Å²) >= 11 is 0. The quantitative estimate of drug-likeness (QED) is 0.868. The predicted molar refractivity (Wildman–Crippen MR) is 78.6 cm³/mol. The van der Waals surface area contributed by atoms with Gasteiger partial charge in [-0.1, -0.05) is 6.07 Å². The van der Waals surface area contributed by atoms with Crippen LogP contribution in [0, 0.1) is 5.82 Å². The minimum Gasteiger partial charge on any atom is -0.508 e. The number of hydrogen-bond acceptors (Lipinski definition) is 4. The molecule has 116 valence electrons. The lowest BCUT2D eigenvalue weighted by atomic mass is 10.1. The Hall–Kier alpha value is -1.66. The minimum atomic E-state index is -0.455. The number of aromatic hydroxyl groups is 1. The topological polar surface area (TPSA) is 55.8 Å². The van der Waals surface area contributed by atoms with Gasteiger partial charge in [-0.15, -0.1) is 0 Å².